The molecule has 0 unspecified atom stereocenters. The number of carbonyl (C=O) groups excluding carboxylic acids is 3. The zero-order valence-corrected chi connectivity index (χ0v) is 30.4. The summed E-state index contributed by atoms with van der Waals surface area (Å²) in [6.07, 6.45) is 2.51. The van der Waals surface area contributed by atoms with Crippen LogP contribution in [0.25, 0.3) is 0 Å². The summed E-state index contributed by atoms with van der Waals surface area (Å²) in [5.41, 5.74) is 2.06. The maximum atomic E-state index is 11.7. The van der Waals surface area contributed by atoms with E-state index >= 15 is 0 Å². The molecule has 2 aliphatic rings. The molecule has 4 rings (SSSR count). The minimum atomic E-state index is -0.905. The van der Waals surface area contributed by atoms with Crippen molar-refractivity contribution in [3.8, 4) is 0 Å². The van der Waals surface area contributed by atoms with Crippen LogP contribution < -0.4 is 50.0 Å². The van der Waals surface area contributed by atoms with Gasteiger partial charge in [-0.25, -0.2) is 9.59 Å². The first kappa shape index (κ1) is 41.4. The number of rotatable bonds is 8. The fourth-order valence-electron chi connectivity index (χ4n) is 4.40. The van der Waals surface area contributed by atoms with Gasteiger partial charge in [0, 0.05) is 49.9 Å². The van der Waals surface area contributed by atoms with Crippen LogP contribution in [0, 0.1) is 0 Å². The smallest absolute Gasteiger partial charge is 0.870 e. The molecular formula is C31H45N6NaO9. The molecule has 2 amide bonds. The van der Waals surface area contributed by atoms with E-state index in [0.717, 1.165) is 11.4 Å². The number of anilines is 2. The van der Waals surface area contributed by atoms with Crippen molar-refractivity contribution in [2.75, 3.05) is 43.1 Å². The normalized spacial score (nSPS) is 14.4. The van der Waals surface area contributed by atoms with E-state index < -0.39 is 29.4 Å². The Balaban J connectivity index is 0.000000451. The Morgan fingerprint density at radius 2 is 1.17 bits per heavy atom. The zero-order valence-electron chi connectivity index (χ0n) is 28.4. The summed E-state index contributed by atoms with van der Waals surface area (Å²) in [6, 6.07) is 7.42. The van der Waals surface area contributed by atoms with E-state index in [4.69, 9.17) is 14.6 Å². The molecule has 15 nitrogen and oxygen atoms in total. The molecule has 0 atom stereocenters. The van der Waals surface area contributed by atoms with Crippen LogP contribution in [0.4, 0.5) is 21.0 Å². The third-order valence-corrected chi connectivity index (χ3v) is 6.42. The molecule has 47 heavy (non-hydrogen) atoms. The number of nitrogens with one attached hydrogen (secondary N) is 2. The Hall–Kier alpha value is -3.66. The largest absolute Gasteiger partial charge is 1.00 e. The number of carbonyl (C=O) groups is 4. The van der Waals surface area contributed by atoms with Crippen molar-refractivity contribution in [3.05, 3.63) is 48.0 Å². The summed E-state index contributed by atoms with van der Waals surface area (Å²) in [5.74, 6) is -1.22. The topological polar surface area (TPSA) is 203 Å². The maximum Gasteiger partial charge on any atom is 1.00 e. The van der Waals surface area contributed by atoms with Crippen molar-refractivity contribution >= 4 is 35.5 Å². The molecule has 2 aromatic rings. The summed E-state index contributed by atoms with van der Waals surface area (Å²) in [7, 11) is 1.36. The number of hydrogen-bond acceptors (Lipinski definition) is 12. The van der Waals surface area contributed by atoms with Crippen molar-refractivity contribution in [2.45, 2.75) is 77.7 Å². The Kier molecular flexibility index (Phi) is 15.9. The summed E-state index contributed by atoms with van der Waals surface area (Å²) >= 11 is 0. The van der Waals surface area contributed by atoms with E-state index in [1.807, 2.05) is 59.7 Å². The van der Waals surface area contributed by atoms with Crippen molar-refractivity contribution in [3.63, 3.8) is 0 Å². The number of carboxylic acids is 1. The Morgan fingerprint density at radius 1 is 0.787 bits per heavy atom. The van der Waals surface area contributed by atoms with E-state index in [2.05, 4.69) is 35.1 Å². The number of amides is 2. The molecule has 16 heteroatoms. The number of aliphatic carboxylic acids is 1. The van der Waals surface area contributed by atoms with Crippen molar-refractivity contribution in [1.82, 2.24) is 20.6 Å². The standard InChI is InChI=1S/C16H23N3O4.C15H21N3O4.Na.H2O/c1-16(2,3)23-15(21)18-12-9-19(10-12)13-5-6-17-11(7-13)8-14(20)22-4;1-15(2,3)22-14(21)17-11-8-18(9-11)12-4-5-16-10(6-12)7-13(19)20;;/h5-7,12H,8-10H2,1-4H3,(H,18,21);4-6,11H,7-9H2,1-3H3,(H,17,21)(H,19,20);;1H2/q;;+1;/p-1. The van der Waals surface area contributed by atoms with Crippen LogP contribution in [-0.4, -0.2) is 101 Å². The molecule has 0 aliphatic carbocycles. The average molecular weight is 669 g/mol. The van der Waals surface area contributed by atoms with Gasteiger partial charge in [-0.2, -0.15) is 0 Å². The summed E-state index contributed by atoms with van der Waals surface area (Å²) < 4.78 is 15.1. The predicted molar refractivity (Wildman–Crippen MR) is 168 cm³/mol. The minimum absolute atomic E-state index is 0. The molecule has 2 aliphatic heterocycles. The molecule has 2 fully saturated rings. The number of aromatic nitrogens is 2. The summed E-state index contributed by atoms with van der Waals surface area (Å²) in [5, 5.41) is 14.4. The minimum Gasteiger partial charge on any atom is -0.870 e. The molecule has 2 saturated heterocycles. The van der Waals surface area contributed by atoms with Gasteiger partial charge >= 0.3 is 53.7 Å². The van der Waals surface area contributed by atoms with Gasteiger partial charge in [0.15, 0.2) is 0 Å². The number of ether oxygens (including phenoxy) is 3. The predicted octanol–water partition coefficient (Wildman–Crippen LogP) is -0.240. The Morgan fingerprint density at radius 3 is 1.51 bits per heavy atom. The number of alkyl carbamates (subject to hydrolysis) is 2. The third kappa shape index (κ3) is 14.8. The molecular weight excluding hydrogens is 623 g/mol. The van der Waals surface area contributed by atoms with E-state index in [0.29, 0.717) is 37.6 Å². The van der Waals surface area contributed by atoms with Crippen LogP contribution in [0.2, 0.25) is 0 Å². The van der Waals surface area contributed by atoms with Gasteiger partial charge in [-0.1, -0.05) is 0 Å². The Bertz CT molecular complexity index is 1350. The summed E-state index contributed by atoms with van der Waals surface area (Å²) in [4.78, 5) is 57.7. The first-order valence-electron chi connectivity index (χ1n) is 14.7. The van der Waals surface area contributed by atoms with Gasteiger partial charge in [0.05, 0.1) is 43.4 Å². The van der Waals surface area contributed by atoms with Gasteiger partial charge in [0.25, 0.3) is 0 Å². The molecule has 0 saturated carbocycles. The third-order valence-electron chi connectivity index (χ3n) is 6.42. The summed E-state index contributed by atoms with van der Waals surface area (Å²) in [6.45, 7) is 13.7. The van der Waals surface area contributed by atoms with Gasteiger partial charge < -0.3 is 45.2 Å². The number of pyridine rings is 2. The van der Waals surface area contributed by atoms with Gasteiger partial charge in [-0.05, 0) is 65.8 Å². The van der Waals surface area contributed by atoms with Crippen LogP contribution in [0.1, 0.15) is 52.9 Å². The molecule has 254 valence electrons. The first-order valence-corrected chi connectivity index (χ1v) is 14.7. The molecule has 0 spiro atoms. The maximum absolute atomic E-state index is 11.7. The second kappa shape index (κ2) is 18.0. The van der Waals surface area contributed by atoms with E-state index in [1.165, 1.54) is 7.11 Å². The monoisotopic (exact) mass is 668 g/mol. The molecule has 4 heterocycles. The van der Waals surface area contributed by atoms with Crippen molar-refractivity contribution < 1.29 is 73.5 Å². The van der Waals surface area contributed by atoms with Gasteiger partial charge in [-0.15, -0.1) is 0 Å². The number of carboxylic acid groups (broad SMARTS) is 1. The van der Waals surface area contributed by atoms with Gasteiger partial charge in [0.2, 0.25) is 0 Å². The van der Waals surface area contributed by atoms with E-state index in [9.17, 15) is 19.2 Å². The number of hydrogen-bond donors (Lipinski definition) is 3. The average Bonchev–Trinajstić information content (AvgIpc) is 2.86. The Labute approximate surface area is 297 Å². The van der Waals surface area contributed by atoms with E-state index in [-0.39, 0.29) is 65.9 Å². The fourth-order valence-corrected chi connectivity index (χ4v) is 4.40. The van der Waals surface area contributed by atoms with Crippen LogP contribution >= 0.6 is 0 Å². The van der Waals surface area contributed by atoms with Gasteiger partial charge in [0.1, 0.15) is 11.2 Å². The molecule has 4 N–H and O–H groups in total. The quantitative estimate of drug-likeness (QED) is 0.189. The number of methoxy groups -OCH3 is 1. The van der Waals surface area contributed by atoms with Crippen molar-refractivity contribution in [1.29, 1.82) is 0 Å². The second-order valence-corrected chi connectivity index (χ2v) is 12.8. The number of esters is 1. The fraction of sp³-hybridized carbons (Fsp3) is 0.548. The molecule has 2 aromatic heterocycles. The van der Waals surface area contributed by atoms with E-state index in [1.54, 1.807) is 18.5 Å². The molecule has 0 bridgehead atoms. The zero-order chi connectivity index (χ0) is 33.4. The van der Waals surface area contributed by atoms with Crippen LogP contribution in [0.5, 0.6) is 0 Å². The van der Waals surface area contributed by atoms with Crippen LogP contribution in [0.3, 0.4) is 0 Å². The molecule has 0 aromatic carbocycles. The second-order valence-electron chi connectivity index (χ2n) is 12.8. The number of nitrogens with zero attached hydrogens (tertiary/aromatic N) is 4. The van der Waals surface area contributed by atoms with Gasteiger partial charge in [-0.3, -0.25) is 19.6 Å². The first-order chi connectivity index (χ1) is 21.0. The van der Waals surface area contributed by atoms with Crippen molar-refractivity contribution in [2.24, 2.45) is 0 Å². The van der Waals surface area contributed by atoms with Crippen LogP contribution in [-0.2, 0) is 36.6 Å². The SMILES string of the molecule is CC(C)(C)OC(=O)NC1CN(c2ccnc(CC(=O)O)c2)C1.COC(=O)Cc1cc(N2CC(NC(=O)OC(C)(C)C)C2)ccn1.[Na+].[OH-]. The molecule has 0 radical (unpaired) electrons. The van der Waals surface area contributed by atoms with Crippen LogP contribution in [0.15, 0.2) is 36.7 Å².